The van der Waals surface area contributed by atoms with Crippen molar-refractivity contribution in [3.8, 4) is 11.4 Å². The van der Waals surface area contributed by atoms with E-state index in [4.69, 9.17) is 0 Å². The Labute approximate surface area is 147 Å². The maximum atomic E-state index is 12.7. The molecule has 2 atom stereocenters. The molecular formula is C18H24N4OS. The van der Waals surface area contributed by atoms with Gasteiger partial charge in [0.15, 0.2) is 11.6 Å². The quantitative estimate of drug-likeness (QED) is 0.921. The van der Waals surface area contributed by atoms with Gasteiger partial charge in [-0.05, 0) is 39.4 Å². The number of thioether (sulfide) groups is 1. The van der Waals surface area contributed by atoms with Gasteiger partial charge in [-0.25, -0.2) is 0 Å². The van der Waals surface area contributed by atoms with Gasteiger partial charge in [-0.1, -0.05) is 29.8 Å². The molecule has 1 saturated heterocycles. The standard InChI is InChI=1S/C18H24N4OS/c1-12-7-9-14(10-8-12)16-19-17(21-20-16)15-6-4-5-11-22(15)18(23)13(2)24-3/h7-10,13,15H,4-6,11H2,1-3H3,(H,19,20,21). The van der Waals surface area contributed by atoms with Crippen LogP contribution >= 0.6 is 11.8 Å². The largest absolute Gasteiger partial charge is 0.331 e. The fourth-order valence-corrected chi connectivity index (χ4v) is 3.42. The minimum Gasteiger partial charge on any atom is -0.331 e. The number of nitrogens with one attached hydrogen (secondary N) is 1. The number of hydrogen-bond acceptors (Lipinski definition) is 4. The summed E-state index contributed by atoms with van der Waals surface area (Å²) < 4.78 is 0. The summed E-state index contributed by atoms with van der Waals surface area (Å²) >= 11 is 1.59. The molecule has 1 aromatic heterocycles. The van der Waals surface area contributed by atoms with Crippen molar-refractivity contribution in [1.82, 2.24) is 20.1 Å². The molecule has 0 saturated carbocycles. The Morgan fingerprint density at radius 2 is 2.04 bits per heavy atom. The number of aromatic amines is 1. The fourth-order valence-electron chi connectivity index (χ4n) is 3.08. The highest BCUT2D eigenvalue weighted by molar-refractivity contribution is 7.99. The molecule has 2 unspecified atom stereocenters. The van der Waals surface area contributed by atoms with Gasteiger partial charge < -0.3 is 9.88 Å². The molecule has 1 N–H and O–H groups in total. The number of amides is 1. The Morgan fingerprint density at radius 1 is 1.29 bits per heavy atom. The molecule has 128 valence electrons. The minimum atomic E-state index is -0.0231. The first-order chi connectivity index (χ1) is 11.6. The van der Waals surface area contributed by atoms with Crippen LogP contribution in [0.3, 0.4) is 0 Å². The summed E-state index contributed by atoms with van der Waals surface area (Å²) in [6, 6.07) is 8.22. The van der Waals surface area contributed by atoms with Gasteiger partial charge in [0.2, 0.25) is 5.91 Å². The number of aryl methyl sites for hydroxylation is 1. The number of piperidine rings is 1. The summed E-state index contributed by atoms with van der Waals surface area (Å²) in [5.74, 6) is 1.76. The van der Waals surface area contributed by atoms with Crippen molar-refractivity contribution in [2.75, 3.05) is 12.8 Å². The van der Waals surface area contributed by atoms with E-state index < -0.39 is 0 Å². The molecule has 3 rings (SSSR count). The number of carbonyl (C=O) groups is 1. The molecule has 0 aliphatic carbocycles. The van der Waals surface area contributed by atoms with Crippen molar-refractivity contribution in [2.45, 2.75) is 44.4 Å². The predicted molar refractivity (Wildman–Crippen MR) is 97.8 cm³/mol. The first kappa shape index (κ1) is 17.0. The third kappa shape index (κ3) is 3.48. The third-order valence-corrected chi connectivity index (χ3v) is 5.54. The zero-order valence-electron chi connectivity index (χ0n) is 14.5. The van der Waals surface area contributed by atoms with Gasteiger partial charge in [0.1, 0.15) is 0 Å². The van der Waals surface area contributed by atoms with Crippen molar-refractivity contribution >= 4 is 17.7 Å². The summed E-state index contributed by atoms with van der Waals surface area (Å²) in [5.41, 5.74) is 2.24. The van der Waals surface area contributed by atoms with Crippen molar-refractivity contribution in [1.29, 1.82) is 0 Å². The zero-order chi connectivity index (χ0) is 17.1. The second kappa shape index (κ2) is 7.38. The van der Waals surface area contributed by atoms with Crippen LogP contribution in [-0.2, 0) is 4.79 Å². The lowest BCUT2D eigenvalue weighted by atomic mass is 10.0. The predicted octanol–water partition coefficient (Wildman–Crippen LogP) is 3.59. The molecule has 2 aromatic rings. The average Bonchev–Trinajstić information content (AvgIpc) is 3.11. The van der Waals surface area contributed by atoms with Crippen LogP contribution in [-0.4, -0.2) is 44.0 Å². The normalized spacial score (nSPS) is 19.3. The van der Waals surface area contributed by atoms with E-state index in [1.807, 2.05) is 30.2 Å². The van der Waals surface area contributed by atoms with Crippen LogP contribution in [0.2, 0.25) is 0 Å². The minimum absolute atomic E-state index is 0.00699. The van der Waals surface area contributed by atoms with Gasteiger partial charge in [0.05, 0.1) is 11.3 Å². The van der Waals surface area contributed by atoms with Gasteiger partial charge in [-0.3, -0.25) is 4.79 Å². The molecule has 1 aliphatic heterocycles. The Kier molecular flexibility index (Phi) is 5.23. The molecule has 1 aliphatic rings. The molecule has 2 heterocycles. The first-order valence-electron chi connectivity index (χ1n) is 8.43. The van der Waals surface area contributed by atoms with E-state index in [1.165, 1.54) is 5.56 Å². The van der Waals surface area contributed by atoms with Crippen LogP contribution in [0.1, 0.15) is 43.6 Å². The topological polar surface area (TPSA) is 61.9 Å². The van der Waals surface area contributed by atoms with Crippen molar-refractivity contribution in [3.05, 3.63) is 35.7 Å². The monoisotopic (exact) mass is 344 g/mol. The van der Waals surface area contributed by atoms with Crippen molar-refractivity contribution in [3.63, 3.8) is 0 Å². The molecule has 24 heavy (non-hydrogen) atoms. The van der Waals surface area contributed by atoms with E-state index in [9.17, 15) is 4.79 Å². The number of aromatic nitrogens is 3. The number of benzene rings is 1. The molecule has 6 heteroatoms. The van der Waals surface area contributed by atoms with Crippen molar-refractivity contribution in [2.24, 2.45) is 0 Å². The van der Waals surface area contributed by atoms with Gasteiger partial charge in [0.25, 0.3) is 0 Å². The van der Waals surface area contributed by atoms with Crippen LogP contribution in [0.4, 0.5) is 0 Å². The van der Waals surface area contributed by atoms with Gasteiger partial charge >= 0.3 is 0 Å². The Balaban J connectivity index is 1.84. The SMILES string of the molecule is CSC(C)C(=O)N1CCCCC1c1nnc(-c2ccc(C)cc2)[nH]1. The van der Waals surface area contributed by atoms with Gasteiger partial charge in [-0.15, -0.1) is 10.2 Å². The summed E-state index contributed by atoms with van der Waals surface area (Å²) in [7, 11) is 0. The average molecular weight is 344 g/mol. The summed E-state index contributed by atoms with van der Waals surface area (Å²) in [6.07, 6.45) is 5.09. The zero-order valence-corrected chi connectivity index (χ0v) is 15.3. The Bertz CT molecular complexity index is 697. The summed E-state index contributed by atoms with van der Waals surface area (Å²) in [5, 5.41) is 8.63. The highest BCUT2D eigenvalue weighted by Gasteiger charge is 2.32. The van der Waals surface area contributed by atoms with Crippen LogP contribution in [0, 0.1) is 6.92 Å². The maximum absolute atomic E-state index is 12.7. The highest BCUT2D eigenvalue weighted by Crippen LogP contribution is 2.31. The number of rotatable bonds is 4. The summed E-state index contributed by atoms with van der Waals surface area (Å²) in [6.45, 7) is 4.83. The molecule has 1 aromatic carbocycles. The van der Waals surface area contributed by atoms with Crippen LogP contribution in [0.25, 0.3) is 11.4 Å². The van der Waals surface area contributed by atoms with E-state index in [-0.39, 0.29) is 17.2 Å². The maximum Gasteiger partial charge on any atom is 0.236 e. The molecule has 0 spiro atoms. The number of likely N-dealkylation sites (tertiary alicyclic amines) is 1. The molecule has 1 amide bonds. The second-order valence-electron chi connectivity index (χ2n) is 6.35. The van der Waals surface area contributed by atoms with E-state index >= 15 is 0 Å². The van der Waals surface area contributed by atoms with Crippen LogP contribution < -0.4 is 0 Å². The van der Waals surface area contributed by atoms with Crippen molar-refractivity contribution < 1.29 is 4.79 Å². The Morgan fingerprint density at radius 3 is 2.75 bits per heavy atom. The van der Waals surface area contributed by atoms with E-state index in [0.29, 0.717) is 0 Å². The van der Waals surface area contributed by atoms with E-state index in [0.717, 1.165) is 43.0 Å². The van der Waals surface area contributed by atoms with E-state index in [2.05, 4.69) is 34.2 Å². The lowest BCUT2D eigenvalue weighted by Crippen LogP contribution is -2.42. The number of hydrogen-bond donors (Lipinski definition) is 1. The van der Waals surface area contributed by atoms with Gasteiger partial charge in [-0.2, -0.15) is 11.8 Å². The molecule has 1 fully saturated rings. The van der Waals surface area contributed by atoms with E-state index in [1.54, 1.807) is 11.8 Å². The van der Waals surface area contributed by atoms with Crippen LogP contribution in [0.15, 0.2) is 24.3 Å². The second-order valence-corrected chi connectivity index (χ2v) is 7.52. The molecule has 5 nitrogen and oxygen atoms in total. The summed E-state index contributed by atoms with van der Waals surface area (Å²) in [4.78, 5) is 18.0. The smallest absolute Gasteiger partial charge is 0.236 e. The fraction of sp³-hybridized carbons (Fsp3) is 0.500. The van der Waals surface area contributed by atoms with Gasteiger partial charge in [0, 0.05) is 12.1 Å². The lowest BCUT2D eigenvalue weighted by Gasteiger charge is -2.35. The Hall–Kier alpha value is -1.82. The highest BCUT2D eigenvalue weighted by atomic mass is 32.2. The number of nitrogens with zero attached hydrogens (tertiary/aromatic N) is 3. The molecule has 0 radical (unpaired) electrons. The molecule has 0 bridgehead atoms. The van der Waals surface area contributed by atoms with Crippen LogP contribution in [0.5, 0.6) is 0 Å². The molecular weight excluding hydrogens is 320 g/mol. The third-order valence-electron chi connectivity index (χ3n) is 4.63. The number of H-pyrrole nitrogens is 1. The lowest BCUT2D eigenvalue weighted by molar-refractivity contribution is -0.134. The number of carbonyl (C=O) groups excluding carboxylic acids is 1. The first-order valence-corrected chi connectivity index (χ1v) is 9.72.